The van der Waals surface area contributed by atoms with Crippen LogP contribution in [0, 0.1) is 0 Å². The van der Waals surface area contributed by atoms with Crippen molar-refractivity contribution in [2.75, 3.05) is 12.8 Å². The lowest BCUT2D eigenvalue weighted by molar-refractivity contribution is -0.119. The van der Waals surface area contributed by atoms with Crippen LogP contribution in [-0.4, -0.2) is 44.2 Å². The Morgan fingerprint density at radius 3 is 2.62 bits per heavy atom. The van der Waals surface area contributed by atoms with E-state index in [1.54, 1.807) is 0 Å². The van der Waals surface area contributed by atoms with Crippen molar-refractivity contribution in [2.24, 2.45) is 0 Å². The van der Waals surface area contributed by atoms with Gasteiger partial charge in [-0.2, -0.15) is 0 Å². The van der Waals surface area contributed by atoms with Crippen molar-refractivity contribution in [3.63, 3.8) is 0 Å². The Balaban J connectivity index is 2.24. The number of hydrogen-bond donors (Lipinski definition) is 1. The van der Waals surface area contributed by atoms with Crippen molar-refractivity contribution in [2.45, 2.75) is 56.1 Å². The zero-order chi connectivity index (χ0) is 12.0. The minimum atomic E-state index is -3.02. The molecule has 16 heavy (non-hydrogen) atoms. The van der Waals surface area contributed by atoms with Gasteiger partial charge in [-0.1, -0.05) is 0 Å². The van der Waals surface area contributed by atoms with Crippen LogP contribution < -0.4 is 5.32 Å². The lowest BCUT2D eigenvalue weighted by Gasteiger charge is -2.44. The summed E-state index contributed by atoms with van der Waals surface area (Å²) in [6.45, 7) is 4.74. The standard InChI is InChI=1S/C11H21NO3S/c1-8-9(2)15-11(7-12-8)6-4-5-10(11)16(3,13)14/h8-10,12H,4-7H2,1-3H3. The Kier molecular flexibility index (Phi) is 3.05. The van der Waals surface area contributed by atoms with Crippen molar-refractivity contribution >= 4 is 9.84 Å². The van der Waals surface area contributed by atoms with Crippen LogP contribution in [0.5, 0.6) is 0 Å². The van der Waals surface area contributed by atoms with Gasteiger partial charge >= 0.3 is 0 Å². The van der Waals surface area contributed by atoms with Crippen LogP contribution in [0.1, 0.15) is 33.1 Å². The fourth-order valence-corrected chi connectivity index (χ4v) is 4.60. The highest BCUT2D eigenvalue weighted by Gasteiger charge is 2.52. The van der Waals surface area contributed by atoms with Gasteiger partial charge in [0.05, 0.1) is 17.0 Å². The van der Waals surface area contributed by atoms with Gasteiger partial charge in [0.25, 0.3) is 0 Å². The minimum absolute atomic E-state index is 0.0797. The molecule has 1 N–H and O–H groups in total. The van der Waals surface area contributed by atoms with E-state index in [0.717, 1.165) is 19.3 Å². The van der Waals surface area contributed by atoms with Crippen LogP contribution in [-0.2, 0) is 14.6 Å². The van der Waals surface area contributed by atoms with Gasteiger partial charge in [-0.25, -0.2) is 8.42 Å². The van der Waals surface area contributed by atoms with Gasteiger partial charge in [-0.05, 0) is 33.1 Å². The maximum Gasteiger partial charge on any atom is 0.153 e. The molecule has 4 unspecified atom stereocenters. The third-order valence-electron chi connectivity index (χ3n) is 4.02. The normalized spacial score (nSPS) is 45.1. The molecule has 1 saturated carbocycles. The van der Waals surface area contributed by atoms with Gasteiger partial charge in [-0.3, -0.25) is 0 Å². The van der Waals surface area contributed by atoms with Crippen molar-refractivity contribution in [3.8, 4) is 0 Å². The summed E-state index contributed by atoms with van der Waals surface area (Å²) in [5, 5.41) is 3.05. The third-order valence-corrected chi connectivity index (χ3v) is 5.72. The molecule has 5 heteroatoms. The van der Waals surface area contributed by atoms with Gasteiger partial charge in [0.1, 0.15) is 0 Å². The predicted octanol–water partition coefficient (Wildman–Crippen LogP) is 0.719. The SMILES string of the molecule is CC1NCC2(CCCC2S(C)(=O)=O)OC1C. The molecule has 1 saturated heterocycles. The molecule has 0 aromatic heterocycles. The fraction of sp³-hybridized carbons (Fsp3) is 1.00. The van der Waals surface area contributed by atoms with Crippen molar-refractivity contribution in [3.05, 3.63) is 0 Å². The number of morpholine rings is 1. The first kappa shape index (κ1) is 12.3. The first-order valence-electron chi connectivity index (χ1n) is 5.95. The maximum absolute atomic E-state index is 11.8. The van der Waals surface area contributed by atoms with Crippen LogP contribution in [0.4, 0.5) is 0 Å². The van der Waals surface area contributed by atoms with Crippen LogP contribution in [0.3, 0.4) is 0 Å². The van der Waals surface area contributed by atoms with Gasteiger partial charge in [0.15, 0.2) is 9.84 Å². The van der Waals surface area contributed by atoms with E-state index in [1.165, 1.54) is 6.26 Å². The molecule has 0 bridgehead atoms. The highest BCUT2D eigenvalue weighted by Crippen LogP contribution is 2.40. The summed E-state index contributed by atoms with van der Waals surface area (Å²) < 4.78 is 29.6. The summed E-state index contributed by atoms with van der Waals surface area (Å²) in [5.74, 6) is 0. The van der Waals surface area contributed by atoms with E-state index in [1.807, 2.05) is 6.92 Å². The van der Waals surface area contributed by atoms with Gasteiger partial charge in [-0.15, -0.1) is 0 Å². The highest BCUT2D eigenvalue weighted by atomic mass is 32.2. The molecular weight excluding hydrogens is 226 g/mol. The number of rotatable bonds is 1. The molecule has 2 rings (SSSR count). The first-order valence-corrected chi connectivity index (χ1v) is 7.91. The van der Waals surface area contributed by atoms with Crippen molar-refractivity contribution in [1.29, 1.82) is 0 Å². The monoisotopic (exact) mass is 247 g/mol. The Labute approximate surface area is 97.7 Å². The molecule has 1 aliphatic heterocycles. The van der Waals surface area contributed by atoms with E-state index in [9.17, 15) is 8.42 Å². The Morgan fingerprint density at radius 2 is 2.06 bits per heavy atom. The second-order valence-electron chi connectivity index (χ2n) is 5.27. The summed E-state index contributed by atoms with van der Waals surface area (Å²) in [5.41, 5.74) is -0.473. The second kappa shape index (κ2) is 3.96. The summed E-state index contributed by atoms with van der Waals surface area (Å²) in [7, 11) is -3.02. The number of ether oxygens (including phenoxy) is 1. The number of nitrogens with one attached hydrogen (secondary N) is 1. The molecule has 0 amide bonds. The van der Waals surface area contributed by atoms with Crippen molar-refractivity contribution < 1.29 is 13.2 Å². The van der Waals surface area contributed by atoms with E-state index in [0.29, 0.717) is 12.6 Å². The summed E-state index contributed by atoms with van der Waals surface area (Å²) >= 11 is 0. The maximum atomic E-state index is 11.8. The second-order valence-corrected chi connectivity index (χ2v) is 7.50. The van der Waals surface area contributed by atoms with E-state index in [2.05, 4.69) is 12.2 Å². The lowest BCUT2D eigenvalue weighted by Crippen LogP contribution is -2.61. The minimum Gasteiger partial charge on any atom is -0.368 e. The molecule has 0 aromatic rings. The molecule has 1 aliphatic carbocycles. The largest absolute Gasteiger partial charge is 0.368 e. The number of sulfone groups is 1. The molecule has 4 nitrogen and oxygen atoms in total. The van der Waals surface area contributed by atoms with Crippen LogP contribution in [0.25, 0.3) is 0 Å². The molecule has 0 radical (unpaired) electrons. The van der Waals surface area contributed by atoms with Gasteiger partial charge in [0, 0.05) is 18.8 Å². The Bertz CT molecular complexity index is 367. The molecule has 1 spiro atoms. The summed E-state index contributed by atoms with van der Waals surface area (Å²) in [6, 6.07) is 0.298. The fourth-order valence-electron chi connectivity index (χ4n) is 2.97. The number of hydrogen-bond acceptors (Lipinski definition) is 4. The molecule has 2 aliphatic rings. The molecule has 0 aromatic carbocycles. The van der Waals surface area contributed by atoms with Gasteiger partial charge < -0.3 is 10.1 Å². The lowest BCUT2D eigenvalue weighted by atomic mass is 9.97. The zero-order valence-electron chi connectivity index (χ0n) is 10.2. The highest BCUT2D eigenvalue weighted by molar-refractivity contribution is 7.91. The molecule has 4 atom stereocenters. The summed E-state index contributed by atoms with van der Waals surface area (Å²) in [6.07, 6.45) is 3.95. The molecule has 1 heterocycles. The topological polar surface area (TPSA) is 55.4 Å². The Hall–Kier alpha value is -0.130. The van der Waals surface area contributed by atoms with E-state index in [4.69, 9.17) is 4.74 Å². The molecule has 94 valence electrons. The molecule has 2 fully saturated rings. The van der Waals surface area contributed by atoms with Gasteiger partial charge in [0.2, 0.25) is 0 Å². The summed E-state index contributed by atoms with van der Waals surface area (Å²) in [4.78, 5) is 0. The Morgan fingerprint density at radius 1 is 1.38 bits per heavy atom. The zero-order valence-corrected chi connectivity index (χ0v) is 11.0. The average Bonchev–Trinajstić information content (AvgIpc) is 2.56. The smallest absolute Gasteiger partial charge is 0.153 e. The quantitative estimate of drug-likeness (QED) is 0.742. The van der Waals surface area contributed by atoms with E-state index < -0.39 is 15.4 Å². The molecular formula is C11H21NO3S. The van der Waals surface area contributed by atoms with Crippen molar-refractivity contribution in [1.82, 2.24) is 5.32 Å². The first-order chi connectivity index (χ1) is 7.35. The predicted molar refractivity (Wildman–Crippen MR) is 63.2 cm³/mol. The van der Waals surface area contributed by atoms with Crippen LogP contribution >= 0.6 is 0 Å². The van der Waals surface area contributed by atoms with Crippen LogP contribution in [0.15, 0.2) is 0 Å². The van der Waals surface area contributed by atoms with E-state index >= 15 is 0 Å². The average molecular weight is 247 g/mol. The van der Waals surface area contributed by atoms with Crippen LogP contribution in [0.2, 0.25) is 0 Å². The van der Waals surface area contributed by atoms with E-state index in [-0.39, 0.29) is 11.4 Å². The third kappa shape index (κ3) is 2.00.